The molecule has 7 heteroatoms. The molecule has 0 unspecified atom stereocenters. The topological polar surface area (TPSA) is 62.2 Å². The molecule has 138 valence electrons. The van der Waals surface area contributed by atoms with E-state index in [1.807, 2.05) is 24.4 Å². The van der Waals surface area contributed by atoms with Crippen molar-refractivity contribution in [2.75, 3.05) is 20.1 Å². The molecule has 2 aromatic rings. The van der Waals surface area contributed by atoms with Crippen molar-refractivity contribution in [3.63, 3.8) is 0 Å². The fourth-order valence-electron chi connectivity index (χ4n) is 2.13. The maximum atomic E-state index is 4.72. The van der Waals surface area contributed by atoms with E-state index >= 15 is 0 Å². The van der Waals surface area contributed by atoms with Gasteiger partial charge in [-0.15, -0.1) is 35.3 Å². The summed E-state index contributed by atoms with van der Waals surface area (Å²) in [5.41, 5.74) is 2.36. The quantitative estimate of drug-likeness (QED) is 0.384. The summed E-state index contributed by atoms with van der Waals surface area (Å²) < 4.78 is 0. The first kappa shape index (κ1) is 21.8. The summed E-state index contributed by atoms with van der Waals surface area (Å²) in [6.45, 7) is 8.20. The van der Waals surface area contributed by atoms with Crippen LogP contribution in [0.5, 0.6) is 0 Å². The molecule has 5 nitrogen and oxygen atoms in total. The fourth-order valence-corrected chi connectivity index (χ4v) is 3.16. The van der Waals surface area contributed by atoms with Gasteiger partial charge in [0.1, 0.15) is 0 Å². The Morgan fingerprint density at radius 3 is 2.44 bits per heavy atom. The second-order valence-corrected chi connectivity index (χ2v) is 7.57. The number of hydrogen-bond acceptors (Lipinski definition) is 4. The van der Waals surface area contributed by atoms with Gasteiger partial charge >= 0.3 is 0 Å². The number of halogens is 1. The molecule has 0 radical (unpaired) electrons. The van der Waals surface area contributed by atoms with Crippen molar-refractivity contribution in [1.29, 1.82) is 0 Å². The molecule has 0 saturated heterocycles. The Labute approximate surface area is 171 Å². The molecule has 2 aromatic heterocycles. The van der Waals surface area contributed by atoms with Gasteiger partial charge in [0.15, 0.2) is 5.96 Å². The normalized spacial score (nSPS) is 11.8. The standard InChI is InChI=1S/C18H27N5S.HI/c1-18(2,3)15-13-24-16(23-15)9-12-22-17(19-4)21-11-8-14-7-5-6-10-20-14;/h5-7,10,13H,8-9,11-12H2,1-4H3,(H2,19,21,22);1H. The van der Waals surface area contributed by atoms with E-state index in [0.29, 0.717) is 0 Å². The Bertz CT molecular complexity index is 649. The van der Waals surface area contributed by atoms with Gasteiger partial charge in [0.05, 0.1) is 10.7 Å². The van der Waals surface area contributed by atoms with Crippen LogP contribution in [0.4, 0.5) is 0 Å². The van der Waals surface area contributed by atoms with Gasteiger partial charge in [-0.05, 0) is 12.1 Å². The number of aromatic nitrogens is 2. The first-order valence-electron chi connectivity index (χ1n) is 8.28. The summed E-state index contributed by atoms with van der Waals surface area (Å²) in [6, 6.07) is 5.98. The molecule has 0 aliphatic heterocycles. The average molecular weight is 473 g/mol. The molecule has 0 fully saturated rings. The number of pyridine rings is 1. The highest BCUT2D eigenvalue weighted by molar-refractivity contribution is 14.0. The lowest BCUT2D eigenvalue weighted by molar-refractivity contribution is 0.570. The van der Waals surface area contributed by atoms with Gasteiger partial charge in [-0.1, -0.05) is 26.8 Å². The number of nitrogens with one attached hydrogen (secondary N) is 2. The molecular formula is C18H28IN5S. The van der Waals surface area contributed by atoms with Crippen LogP contribution in [0.1, 0.15) is 37.2 Å². The molecule has 25 heavy (non-hydrogen) atoms. The van der Waals surface area contributed by atoms with Crippen molar-refractivity contribution in [2.24, 2.45) is 4.99 Å². The molecule has 2 rings (SSSR count). The van der Waals surface area contributed by atoms with Crippen molar-refractivity contribution in [2.45, 2.75) is 39.0 Å². The SMILES string of the molecule is CN=C(NCCc1ccccn1)NCCc1nc(C(C)(C)C)cs1.I. The van der Waals surface area contributed by atoms with E-state index < -0.39 is 0 Å². The van der Waals surface area contributed by atoms with Crippen LogP contribution in [0.15, 0.2) is 34.8 Å². The van der Waals surface area contributed by atoms with Gasteiger partial charge in [-0.25, -0.2) is 4.98 Å². The predicted octanol–water partition coefficient (Wildman–Crippen LogP) is 3.40. The monoisotopic (exact) mass is 473 g/mol. The molecular weight excluding hydrogens is 445 g/mol. The van der Waals surface area contributed by atoms with E-state index in [1.54, 1.807) is 18.4 Å². The molecule has 0 aliphatic rings. The lowest BCUT2D eigenvalue weighted by atomic mass is 9.93. The molecule has 0 aromatic carbocycles. The zero-order valence-corrected chi connectivity index (χ0v) is 18.5. The van der Waals surface area contributed by atoms with Crippen molar-refractivity contribution < 1.29 is 0 Å². The predicted molar refractivity (Wildman–Crippen MR) is 117 cm³/mol. The molecule has 2 heterocycles. The van der Waals surface area contributed by atoms with Gasteiger partial charge in [0.2, 0.25) is 0 Å². The lowest BCUT2D eigenvalue weighted by Crippen LogP contribution is -2.39. The van der Waals surface area contributed by atoms with Gasteiger partial charge in [-0.2, -0.15) is 0 Å². The second kappa shape index (κ2) is 10.7. The van der Waals surface area contributed by atoms with Crippen LogP contribution >= 0.6 is 35.3 Å². The van der Waals surface area contributed by atoms with E-state index in [4.69, 9.17) is 4.98 Å². The van der Waals surface area contributed by atoms with Crippen LogP contribution in [0.2, 0.25) is 0 Å². The van der Waals surface area contributed by atoms with E-state index in [-0.39, 0.29) is 29.4 Å². The first-order chi connectivity index (χ1) is 11.5. The van der Waals surface area contributed by atoms with Crippen LogP contribution in [0.3, 0.4) is 0 Å². The number of hydrogen-bond donors (Lipinski definition) is 2. The highest BCUT2D eigenvalue weighted by atomic mass is 127. The minimum Gasteiger partial charge on any atom is -0.356 e. The lowest BCUT2D eigenvalue weighted by Gasteiger charge is -2.14. The minimum absolute atomic E-state index is 0. The molecule has 0 spiro atoms. The van der Waals surface area contributed by atoms with Crippen molar-refractivity contribution in [3.8, 4) is 0 Å². The zero-order chi connectivity index (χ0) is 17.4. The maximum Gasteiger partial charge on any atom is 0.191 e. The molecule has 0 atom stereocenters. The number of rotatable bonds is 6. The third kappa shape index (κ3) is 7.68. The smallest absolute Gasteiger partial charge is 0.191 e. The maximum absolute atomic E-state index is 4.72. The third-order valence-electron chi connectivity index (χ3n) is 3.57. The van der Waals surface area contributed by atoms with E-state index in [0.717, 1.165) is 42.6 Å². The van der Waals surface area contributed by atoms with Gasteiger partial charge in [0.25, 0.3) is 0 Å². The summed E-state index contributed by atoms with van der Waals surface area (Å²) in [5.74, 6) is 0.818. The van der Waals surface area contributed by atoms with Crippen molar-refractivity contribution in [3.05, 3.63) is 46.2 Å². The van der Waals surface area contributed by atoms with Gasteiger partial charge in [0, 0.05) is 55.7 Å². The van der Waals surface area contributed by atoms with E-state index in [2.05, 4.69) is 46.8 Å². The van der Waals surface area contributed by atoms with Crippen LogP contribution in [-0.4, -0.2) is 36.1 Å². The summed E-state index contributed by atoms with van der Waals surface area (Å²) in [6.07, 6.45) is 3.60. The number of thiazole rings is 1. The van der Waals surface area contributed by atoms with Crippen molar-refractivity contribution >= 4 is 41.3 Å². The van der Waals surface area contributed by atoms with E-state index in [1.165, 1.54) is 5.69 Å². The summed E-state index contributed by atoms with van der Waals surface area (Å²) in [5, 5.41) is 9.98. The van der Waals surface area contributed by atoms with Crippen molar-refractivity contribution in [1.82, 2.24) is 20.6 Å². The third-order valence-corrected chi connectivity index (χ3v) is 4.48. The minimum atomic E-state index is 0. The molecule has 0 amide bonds. The highest BCUT2D eigenvalue weighted by Crippen LogP contribution is 2.23. The van der Waals surface area contributed by atoms with Crippen LogP contribution in [0.25, 0.3) is 0 Å². The molecule has 0 bridgehead atoms. The van der Waals surface area contributed by atoms with Crippen LogP contribution in [-0.2, 0) is 18.3 Å². The summed E-state index contributed by atoms with van der Waals surface area (Å²) in [4.78, 5) is 13.3. The highest BCUT2D eigenvalue weighted by Gasteiger charge is 2.17. The average Bonchev–Trinajstić information content (AvgIpc) is 3.03. The Morgan fingerprint density at radius 2 is 1.88 bits per heavy atom. The Balaban J connectivity index is 0.00000312. The summed E-state index contributed by atoms with van der Waals surface area (Å²) in [7, 11) is 1.79. The molecule has 2 N–H and O–H groups in total. The largest absolute Gasteiger partial charge is 0.356 e. The first-order valence-corrected chi connectivity index (χ1v) is 9.16. The number of aliphatic imine (C=N–C) groups is 1. The Morgan fingerprint density at radius 1 is 1.16 bits per heavy atom. The summed E-state index contributed by atoms with van der Waals surface area (Å²) >= 11 is 1.73. The van der Waals surface area contributed by atoms with Gasteiger partial charge in [-0.3, -0.25) is 9.98 Å². The van der Waals surface area contributed by atoms with Crippen LogP contribution in [0, 0.1) is 0 Å². The number of nitrogens with zero attached hydrogens (tertiary/aromatic N) is 3. The van der Waals surface area contributed by atoms with E-state index in [9.17, 15) is 0 Å². The zero-order valence-electron chi connectivity index (χ0n) is 15.4. The second-order valence-electron chi connectivity index (χ2n) is 6.62. The van der Waals surface area contributed by atoms with Crippen LogP contribution < -0.4 is 10.6 Å². The fraction of sp³-hybridized carbons (Fsp3) is 0.500. The van der Waals surface area contributed by atoms with Gasteiger partial charge < -0.3 is 10.6 Å². The molecule has 0 saturated carbocycles. The Hall–Kier alpha value is -1.22. The number of guanidine groups is 1. The molecule has 0 aliphatic carbocycles. The Kier molecular flexibility index (Phi) is 9.34.